The number of aromatic hydroxyl groups is 1. The molecule has 5 nitrogen and oxygen atoms in total. The maximum Gasteiger partial charge on any atom is 0.191 e. The van der Waals surface area contributed by atoms with Crippen molar-refractivity contribution in [2.75, 3.05) is 13.7 Å². The van der Waals surface area contributed by atoms with Crippen molar-refractivity contribution in [3.8, 4) is 11.5 Å². The minimum Gasteiger partial charge on any atom is -0.504 e. The van der Waals surface area contributed by atoms with E-state index in [1.807, 2.05) is 13.0 Å². The molecule has 1 aliphatic carbocycles. The van der Waals surface area contributed by atoms with Crippen LogP contribution in [0.5, 0.6) is 11.5 Å². The van der Waals surface area contributed by atoms with E-state index in [0.717, 1.165) is 24.0 Å². The van der Waals surface area contributed by atoms with Gasteiger partial charge in [0.05, 0.1) is 13.7 Å². The molecule has 3 N–H and O–H groups in total. The van der Waals surface area contributed by atoms with Gasteiger partial charge in [-0.2, -0.15) is 0 Å². The SMILES string of the molecule is CCNC(=NCc1ccc(OC)c(O)c1)NC1CC1C. The van der Waals surface area contributed by atoms with Gasteiger partial charge in [0.2, 0.25) is 0 Å². The number of hydrogen-bond acceptors (Lipinski definition) is 3. The number of phenolic OH excluding ortho intramolecular Hbond substituents is 1. The molecule has 1 aromatic rings. The number of phenols is 1. The fourth-order valence-corrected chi connectivity index (χ4v) is 2.02. The summed E-state index contributed by atoms with van der Waals surface area (Å²) in [4.78, 5) is 4.54. The molecule has 0 saturated heterocycles. The number of rotatable bonds is 5. The molecule has 2 atom stereocenters. The number of aliphatic imine (C=N–C) groups is 1. The summed E-state index contributed by atoms with van der Waals surface area (Å²) in [5, 5.41) is 16.4. The third-order valence-corrected chi connectivity index (χ3v) is 3.44. The van der Waals surface area contributed by atoms with E-state index >= 15 is 0 Å². The molecule has 5 heteroatoms. The lowest BCUT2D eigenvalue weighted by molar-refractivity contribution is 0.373. The molecule has 1 saturated carbocycles. The highest BCUT2D eigenvalue weighted by Crippen LogP contribution is 2.29. The predicted octanol–water partition coefficient (Wildman–Crippen LogP) is 1.86. The number of methoxy groups -OCH3 is 1. The highest BCUT2D eigenvalue weighted by molar-refractivity contribution is 5.80. The van der Waals surface area contributed by atoms with Crippen LogP contribution >= 0.6 is 0 Å². The molecule has 1 fully saturated rings. The lowest BCUT2D eigenvalue weighted by Gasteiger charge is -2.11. The molecule has 1 aromatic carbocycles. The van der Waals surface area contributed by atoms with Crippen LogP contribution in [0.3, 0.4) is 0 Å². The summed E-state index contributed by atoms with van der Waals surface area (Å²) in [5.41, 5.74) is 0.948. The van der Waals surface area contributed by atoms with Crippen molar-refractivity contribution < 1.29 is 9.84 Å². The average molecular weight is 277 g/mol. The number of hydrogen-bond donors (Lipinski definition) is 3. The zero-order chi connectivity index (χ0) is 14.5. The van der Waals surface area contributed by atoms with Crippen LogP contribution in [-0.2, 0) is 6.54 Å². The maximum atomic E-state index is 9.75. The van der Waals surface area contributed by atoms with Crippen LogP contribution in [0.25, 0.3) is 0 Å². The fourth-order valence-electron chi connectivity index (χ4n) is 2.02. The Hall–Kier alpha value is -1.91. The van der Waals surface area contributed by atoms with Crippen LogP contribution in [-0.4, -0.2) is 30.8 Å². The average Bonchev–Trinajstić information content (AvgIpc) is 3.12. The molecule has 0 aromatic heterocycles. The molecule has 0 radical (unpaired) electrons. The van der Waals surface area contributed by atoms with E-state index in [1.165, 1.54) is 13.5 Å². The molecular weight excluding hydrogens is 254 g/mol. The molecule has 0 spiro atoms. The van der Waals surface area contributed by atoms with E-state index in [0.29, 0.717) is 18.3 Å². The van der Waals surface area contributed by atoms with E-state index in [1.54, 1.807) is 12.1 Å². The summed E-state index contributed by atoms with van der Waals surface area (Å²) in [6, 6.07) is 5.89. The highest BCUT2D eigenvalue weighted by Gasteiger charge is 2.33. The first-order chi connectivity index (χ1) is 9.63. The summed E-state index contributed by atoms with van der Waals surface area (Å²) >= 11 is 0. The molecule has 0 heterocycles. The molecule has 0 aliphatic heterocycles. The van der Waals surface area contributed by atoms with Crippen molar-refractivity contribution >= 4 is 5.96 Å². The minimum atomic E-state index is 0.147. The van der Waals surface area contributed by atoms with Crippen molar-refractivity contribution in [2.45, 2.75) is 32.9 Å². The first kappa shape index (κ1) is 14.5. The molecule has 20 heavy (non-hydrogen) atoms. The lowest BCUT2D eigenvalue weighted by Crippen LogP contribution is -2.39. The standard InChI is InChI=1S/C15H23N3O2/c1-4-16-15(18-12-7-10(12)2)17-9-11-5-6-14(20-3)13(19)8-11/h5-6,8,10,12,19H,4,7,9H2,1-3H3,(H2,16,17,18). The third-order valence-electron chi connectivity index (χ3n) is 3.44. The van der Waals surface area contributed by atoms with Gasteiger partial charge in [0.1, 0.15) is 0 Å². The molecule has 2 rings (SSSR count). The van der Waals surface area contributed by atoms with Crippen molar-refractivity contribution in [2.24, 2.45) is 10.9 Å². The van der Waals surface area contributed by atoms with Gasteiger partial charge in [-0.1, -0.05) is 13.0 Å². The van der Waals surface area contributed by atoms with E-state index < -0.39 is 0 Å². The Morgan fingerprint density at radius 3 is 2.80 bits per heavy atom. The maximum absolute atomic E-state index is 9.75. The van der Waals surface area contributed by atoms with Gasteiger partial charge >= 0.3 is 0 Å². The Kier molecular flexibility index (Phi) is 4.71. The minimum absolute atomic E-state index is 0.147. The molecule has 1 aliphatic rings. The predicted molar refractivity (Wildman–Crippen MR) is 80.2 cm³/mol. The van der Waals surface area contributed by atoms with Crippen molar-refractivity contribution in [1.29, 1.82) is 0 Å². The second-order valence-electron chi connectivity index (χ2n) is 5.17. The zero-order valence-corrected chi connectivity index (χ0v) is 12.3. The van der Waals surface area contributed by atoms with Gasteiger partial charge in [0.25, 0.3) is 0 Å². The molecule has 2 unspecified atom stereocenters. The number of nitrogens with one attached hydrogen (secondary N) is 2. The smallest absolute Gasteiger partial charge is 0.191 e. The molecular formula is C15H23N3O2. The molecule has 0 bridgehead atoms. The van der Waals surface area contributed by atoms with Gasteiger partial charge in [0.15, 0.2) is 17.5 Å². The Morgan fingerprint density at radius 2 is 2.25 bits per heavy atom. The second-order valence-corrected chi connectivity index (χ2v) is 5.17. The first-order valence-electron chi connectivity index (χ1n) is 7.04. The van der Waals surface area contributed by atoms with Crippen LogP contribution < -0.4 is 15.4 Å². The third kappa shape index (κ3) is 3.79. The number of benzene rings is 1. The first-order valence-corrected chi connectivity index (χ1v) is 7.04. The van der Waals surface area contributed by atoms with E-state index in [9.17, 15) is 5.11 Å². The normalized spacial score (nSPS) is 21.4. The van der Waals surface area contributed by atoms with Gasteiger partial charge < -0.3 is 20.5 Å². The van der Waals surface area contributed by atoms with E-state index in [4.69, 9.17) is 4.74 Å². The van der Waals surface area contributed by atoms with Gasteiger partial charge in [-0.15, -0.1) is 0 Å². The zero-order valence-electron chi connectivity index (χ0n) is 12.3. The van der Waals surface area contributed by atoms with Gasteiger partial charge in [-0.05, 0) is 37.0 Å². The van der Waals surface area contributed by atoms with Crippen molar-refractivity contribution in [3.05, 3.63) is 23.8 Å². The summed E-state index contributed by atoms with van der Waals surface area (Å²) in [5.74, 6) is 2.18. The van der Waals surface area contributed by atoms with E-state index in [-0.39, 0.29) is 5.75 Å². The summed E-state index contributed by atoms with van der Waals surface area (Å²) in [6.45, 7) is 5.63. The van der Waals surface area contributed by atoms with Crippen LogP contribution in [0, 0.1) is 5.92 Å². The summed E-state index contributed by atoms with van der Waals surface area (Å²) < 4.78 is 5.03. The Balaban J connectivity index is 1.98. The Bertz CT molecular complexity index is 488. The van der Waals surface area contributed by atoms with Crippen LogP contribution in [0.4, 0.5) is 0 Å². The van der Waals surface area contributed by atoms with Gasteiger partial charge in [0, 0.05) is 12.6 Å². The van der Waals surface area contributed by atoms with Crippen LogP contribution in [0.15, 0.2) is 23.2 Å². The largest absolute Gasteiger partial charge is 0.504 e. The second kappa shape index (κ2) is 6.50. The molecule has 110 valence electrons. The van der Waals surface area contributed by atoms with E-state index in [2.05, 4.69) is 22.5 Å². The Morgan fingerprint density at radius 1 is 1.50 bits per heavy atom. The van der Waals surface area contributed by atoms with Crippen molar-refractivity contribution in [1.82, 2.24) is 10.6 Å². The lowest BCUT2D eigenvalue weighted by atomic mass is 10.2. The quantitative estimate of drug-likeness (QED) is 0.568. The van der Waals surface area contributed by atoms with Crippen LogP contribution in [0.2, 0.25) is 0 Å². The highest BCUT2D eigenvalue weighted by atomic mass is 16.5. The fraction of sp³-hybridized carbons (Fsp3) is 0.533. The summed E-state index contributed by atoms with van der Waals surface area (Å²) in [6.07, 6.45) is 1.20. The monoisotopic (exact) mass is 277 g/mol. The van der Waals surface area contributed by atoms with Crippen molar-refractivity contribution in [3.63, 3.8) is 0 Å². The number of guanidine groups is 1. The van der Waals surface area contributed by atoms with Gasteiger partial charge in [-0.25, -0.2) is 4.99 Å². The Labute approximate surface area is 120 Å². The number of nitrogens with zero attached hydrogens (tertiary/aromatic N) is 1. The molecule has 0 amide bonds. The van der Waals surface area contributed by atoms with Gasteiger partial charge in [-0.3, -0.25) is 0 Å². The number of ether oxygens (including phenoxy) is 1. The summed E-state index contributed by atoms with van der Waals surface area (Å²) in [7, 11) is 1.54. The van der Waals surface area contributed by atoms with Crippen LogP contribution in [0.1, 0.15) is 25.8 Å². The topological polar surface area (TPSA) is 65.9 Å².